The molecular formula is C17H25NO2S. The van der Waals surface area contributed by atoms with E-state index in [1.165, 1.54) is 0 Å². The van der Waals surface area contributed by atoms with Crippen LogP contribution in [0.15, 0.2) is 28.7 Å². The Morgan fingerprint density at radius 2 is 2.00 bits per heavy atom. The molecule has 3 nitrogen and oxygen atoms in total. The Kier molecular flexibility index (Phi) is 4.87. The maximum atomic E-state index is 12.4. The standard InChI is InChI=1S/C17H25NO2S/c1-12(2)10-13-11-15(18-21(19)17(3,4)5)14-8-6-7-9-16(14)20-13/h6-9,12-13H,10-11H2,1-5H3/b18-15+/t13-,21-/m0/s1. The zero-order valence-corrected chi connectivity index (χ0v) is 14.4. The van der Waals surface area contributed by atoms with E-state index >= 15 is 0 Å². The van der Waals surface area contributed by atoms with Crippen LogP contribution in [0.1, 0.15) is 53.0 Å². The largest absolute Gasteiger partial charge is 0.489 e. The normalized spacial score (nSPS) is 22.0. The summed E-state index contributed by atoms with van der Waals surface area (Å²) < 4.78 is 22.6. The first-order valence-electron chi connectivity index (χ1n) is 7.53. The molecule has 1 aliphatic rings. The summed E-state index contributed by atoms with van der Waals surface area (Å²) in [6.45, 7) is 10.2. The molecule has 0 amide bonds. The fraction of sp³-hybridized carbons (Fsp3) is 0.588. The van der Waals surface area contributed by atoms with Gasteiger partial charge in [0, 0.05) is 12.0 Å². The summed E-state index contributed by atoms with van der Waals surface area (Å²) in [6.07, 6.45) is 1.84. The minimum Gasteiger partial charge on any atom is -0.489 e. The molecule has 0 aliphatic carbocycles. The number of fused-ring (bicyclic) bond motifs is 1. The number of para-hydroxylation sites is 1. The summed E-state index contributed by atoms with van der Waals surface area (Å²) in [5, 5.41) is 0. The van der Waals surface area contributed by atoms with Crippen LogP contribution in [-0.2, 0) is 11.0 Å². The minimum absolute atomic E-state index is 0.121. The van der Waals surface area contributed by atoms with E-state index in [9.17, 15) is 4.21 Å². The summed E-state index contributed by atoms with van der Waals surface area (Å²) in [7, 11) is -1.24. The SMILES string of the molecule is CC(C)C[C@H]1C/C(=N\[S@@](=O)C(C)(C)C)c2ccccc2O1. The van der Waals surface area contributed by atoms with Crippen LogP contribution < -0.4 is 4.74 Å². The summed E-state index contributed by atoms with van der Waals surface area (Å²) in [5.41, 5.74) is 1.89. The third-order valence-corrected chi connectivity index (χ3v) is 4.80. The monoisotopic (exact) mass is 307 g/mol. The van der Waals surface area contributed by atoms with Crippen LogP contribution in [0.4, 0.5) is 0 Å². The highest BCUT2D eigenvalue weighted by Crippen LogP contribution is 2.31. The molecule has 2 rings (SSSR count). The average molecular weight is 307 g/mol. The molecule has 0 radical (unpaired) electrons. The molecule has 0 aromatic heterocycles. The summed E-state index contributed by atoms with van der Waals surface area (Å²) in [5.74, 6) is 1.42. The molecule has 2 atom stereocenters. The number of benzene rings is 1. The second kappa shape index (κ2) is 6.30. The second-order valence-electron chi connectivity index (χ2n) is 6.97. The molecule has 0 N–H and O–H groups in total. The molecule has 0 bridgehead atoms. The van der Waals surface area contributed by atoms with Gasteiger partial charge in [0.2, 0.25) is 0 Å². The van der Waals surface area contributed by atoms with Gasteiger partial charge in [-0.05, 0) is 45.2 Å². The van der Waals surface area contributed by atoms with Gasteiger partial charge in [0.15, 0.2) is 0 Å². The smallest absolute Gasteiger partial charge is 0.145 e. The lowest BCUT2D eigenvalue weighted by molar-refractivity contribution is 0.175. The van der Waals surface area contributed by atoms with Crippen molar-refractivity contribution in [2.75, 3.05) is 0 Å². The van der Waals surface area contributed by atoms with Crippen molar-refractivity contribution in [3.8, 4) is 5.75 Å². The molecule has 1 aliphatic heterocycles. The van der Waals surface area contributed by atoms with Crippen molar-refractivity contribution in [3.05, 3.63) is 29.8 Å². The zero-order chi connectivity index (χ0) is 15.6. The van der Waals surface area contributed by atoms with E-state index in [0.29, 0.717) is 5.92 Å². The van der Waals surface area contributed by atoms with Gasteiger partial charge in [0.05, 0.1) is 10.5 Å². The maximum absolute atomic E-state index is 12.4. The van der Waals surface area contributed by atoms with E-state index in [2.05, 4.69) is 18.2 Å². The van der Waals surface area contributed by atoms with Gasteiger partial charge in [-0.1, -0.05) is 26.0 Å². The van der Waals surface area contributed by atoms with E-state index < -0.39 is 11.0 Å². The quantitative estimate of drug-likeness (QED) is 0.842. The van der Waals surface area contributed by atoms with Crippen LogP contribution in [0.3, 0.4) is 0 Å². The summed E-state index contributed by atoms with van der Waals surface area (Å²) >= 11 is 0. The number of hydrogen-bond donors (Lipinski definition) is 0. The maximum Gasteiger partial charge on any atom is 0.145 e. The average Bonchev–Trinajstić information content (AvgIpc) is 2.36. The number of rotatable bonds is 3. The Morgan fingerprint density at radius 1 is 1.33 bits per heavy atom. The van der Waals surface area contributed by atoms with Crippen molar-refractivity contribution in [2.24, 2.45) is 10.3 Å². The molecule has 1 aromatic carbocycles. The molecule has 0 fully saturated rings. The van der Waals surface area contributed by atoms with Crippen LogP contribution >= 0.6 is 0 Å². The number of nitrogens with zero attached hydrogens (tertiary/aromatic N) is 1. The minimum atomic E-state index is -1.24. The lowest BCUT2D eigenvalue weighted by atomic mass is 9.95. The summed E-state index contributed by atoms with van der Waals surface area (Å²) in [6, 6.07) is 7.91. The van der Waals surface area contributed by atoms with Gasteiger partial charge in [0.25, 0.3) is 0 Å². The predicted molar refractivity (Wildman–Crippen MR) is 89.4 cm³/mol. The van der Waals surface area contributed by atoms with E-state index in [1.54, 1.807) is 0 Å². The van der Waals surface area contributed by atoms with Gasteiger partial charge < -0.3 is 4.74 Å². The number of ether oxygens (including phenoxy) is 1. The molecule has 0 unspecified atom stereocenters. The van der Waals surface area contributed by atoms with E-state index in [4.69, 9.17) is 4.74 Å². The van der Waals surface area contributed by atoms with Gasteiger partial charge in [-0.2, -0.15) is 4.40 Å². The highest BCUT2D eigenvalue weighted by molar-refractivity contribution is 7.85. The fourth-order valence-electron chi connectivity index (χ4n) is 2.34. The number of hydrogen-bond acceptors (Lipinski definition) is 2. The van der Waals surface area contributed by atoms with Gasteiger partial charge in [0.1, 0.15) is 22.8 Å². The Labute approximate surface area is 130 Å². The first kappa shape index (κ1) is 16.2. The molecular weight excluding hydrogens is 282 g/mol. The predicted octanol–water partition coefficient (Wildman–Crippen LogP) is 4.14. The highest BCUT2D eigenvalue weighted by atomic mass is 32.2. The lowest BCUT2D eigenvalue weighted by Crippen LogP contribution is -2.30. The van der Waals surface area contributed by atoms with Gasteiger partial charge >= 0.3 is 0 Å². The van der Waals surface area contributed by atoms with Crippen molar-refractivity contribution in [1.29, 1.82) is 0 Å². The second-order valence-corrected chi connectivity index (χ2v) is 8.87. The van der Waals surface area contributed by atoms with Crippen molar-refractivity contribution >= 4 is 16.7 Å². The van der Waals surface area contributed by atoms with Gasteiger partial charge in [-0.15, -0.1) is 0 Å². The van der Waals surface area contributed by atoms with Crippen LogP contribution in [0.25, 0.3) is 0 Å². The van der Waals surface area contributed by atoms with Crippen LogP contribution in [0, 0.1) is 5.92 Å². The fourth-order valence-corrected chi connectivity index (χ4v) is 2.98. The Morgan fingerprint density at radius 3 is 2.62 bits per heavy atom. The third-order valence-electron chi connectivity index (χ3n) is 3.36. The topological polar surface area (TPSA) is 38.7 Å². The van der Waals surface area contributed by atoms with Crippen LogP contribution in [0.5, 0.6) is 5.75 Å². The first-order valence-corrected chi connectivity index (χ1v) is 8.63. The van der Waals surface area contributed by atoms with E-state index in [1.807, 2.05) is 45.0 Å². The van der Waals surface area contributed by atoms with Crippen molar-refractivity contribution in [3.63, 3.8) is 0 Å². The Bertz CT molecular complexity index is 558. The van der Waals surface area contributed by atoms with Gasteiger partial charge in [-0.25, -0.2) is 4.21 Å². The third kappa shape index (κ3) is 4.16. The van der Waals surface area contributed by atoms with Crippen LogP contribution in [-0.4, -0.2) is 20.8 Å². The molecule has 4 heteroatoms. The Hall–Kier alpha value is -1.16. The zero-order valence-electron chi connectivity index (χ0n) is 13.6. The molecule has 21 heavy (non-hydrogen) atoms. The molecule has 1 aromatic rings. The summed E-state index contributed by atoms with van der Waals surface area (Å²) in [4.78, 5) is 0. The highest BCUT2D eigenvalue weighted by Gasteiger charge is 2.27. The molecule has 1 heterocycles. The lowest BCUT2D eigenvalue weighted by Gasteiger charge is -2.28. The molecule has 116 valence electrons. The van der Waals surface area contributed by atoms with Gasteiger partial charge in [-0.3, -0.25) is 0 Å². The molecule has 0 saturated carbocycles. The first-order chi connectivity index (χ1) is 9.77. The van der Waals surface area contributed by atoms with Crippen molar-refractivity contribution in [2.45, 2.75) is 58.3 Å². The van der Waals surface area contributed by atoms with E-state index in [-0.39, 0.29) is 10.9 Å². The van der Waals surface area contributed by atoms with Crippen LogP contribution in [0.2, 0.25) is 0 Å². The van der Waals surface area contributed by atoms with Crippen molar-refractivity contribution < 1.29 is 8.95 Å². The Balaban J connectivity index is 2.35. The molecule has 0 saturated heterocycles. The van der Waals surface area contributed by atoms with E-state index in [0.717, 1.165) is 29.9 Å². The molecule has 0 spiro atoms. The van der Waals surface area contributed by atoms with Crippen molar-refractivity contribution in [1.82, 2.24) is 0 Å².